The minimum Gasteiger partial charge on any atom is -0.478 e. The highest BCUT2D eigenvalue weighted by Crippen LogP contribution is 2.26. The largest absolute Gasteiger partial charge is 0.478 e. The molecule has 0 saturated heterocycles. The van der Waals surface area contributed by atoms with E-state index in [0.717, 1.165) is 44.3 Å². The minimum absolute atomic E-state index is 0.177. The van der Waals surface area contributed by atoms with Crippen LogP contribution in [-0.4, -0.2) is 28.1 Å². The summed E-state index contributed by atoms with van der Waals surface area (Å²) >= 11 is 0. The molecule has 1 aromatic heterocycles. The molecule has 0 spiro atoms. The number of aromatic amines is 1. The maximum Gasteiger partial charge on any atom is 0.327 e. The molecule has 0 bridgehead atoms. The van der Waals surface area contributed by atoms with Crippen molar-refractivity contribution in [2.75, 3.05) is 0 Å². The van der Waals surface area contributed by atoms with Gasteiger partial charge in [-0.15, -0.1) is 0 Å². The first kappa shape index (κ1) is 25.5. The molecule has 0 fully saturated rings. The fourth-order valence-corrected chi connectivity index (χ4v) is 3.76. The van der Waals surface area contributed by atoms with E-state index < -0.39 is 5.97 Å². The Labute approximate surface area is 192 Å². The van der Waals surface area contributed by atoms with Crippen LogP contribution in [0.4, 0.5) is 5.82 Å². The number of hydrogen-bond acceptors (Lipinski definition) is 2. The van der Waals surface area contributed by atoms with Crippen LogP contribution in [0, 0.1) is 5.92 Å². The number of nitrogens with two attached hydrogens (primary N) is 1. The van der Waals surface area contributed by atoms with Gasteiger partial charge in [0.25, 0.3) is 0 Å². The van der Waals surface area contributed by atoms with E-state index in [1.807, 2.05) is 36.5 Å². The predicted octanol–water partition coefficient (Wildman–Crippen LogP) is 6.83. The van der Waals surface area contributed by atoms with Gasteiger partial charge < -0.3 is 21.1 Å². The number of carbonyl (C=O) groups is 1. The second-order valence-corrected chi connectivity index (χ2v) is 8.39. The van der Waals surface area contributed by atoms with E-state index in [2.05, 4.69) is 41.5 Å². The molecule has 1 aromatic carbocycles. The fraction of sp³-hybridized carbons (Fsp3) is 0.444. The van der Waals surface area contributed by atoms with E-state index in [1.165, 1.54) is 24.5 Å². The van der Waals surface area contributed by atoms with Crippen molar-refractivity contribution in [2.24, 2.45) is 11.7 Å². The number of nitrogens with one attached hydrogen (secondary N) is 1. The van der Waals surface area contributed by atoms with Gasteiger partial charge in [-0.2, -0.15) is 0 Å². The number of aromatic nitrogens is 1. The van der Waals surface area contributed by atoms with E-state index in [-0.39, 0.29) is 12.1 Å². The molecule has 1 heterocycles. The summed E-state index contributed by atoms with van der Waals surface area (Å²) in [4.78, 5) is 14.1. The van der Waals surface area contributed by atoms with E-state index in [0.29, 0.717) is 5.92 Å². The van der Waals surface area contributed by atoms with Crippen LogP contribution in [0.5, 0.6) is 0 Å². The van der Waals surface area contributed by atoms with Crippen molar-refractivity contribution in [3.63, 3.8) is 0 Å². The van der Waals surface area contributed by atoms with Crippen LogP contribution in [0.2, 0.25) is 0 Å². The highest BCUT2D eigenvalue weighted by Gasteiger charge is 2.10. The van der Waals surface area contributed by atoms with Crippen LogP contribution in [0.15, 0.2) is 66.9 Å². The Morgan fingerprint density at radius 3 is 2.50 bits per heavy atom. The molecule has 0 radical (unpaired) electrons. The van der Waals surface area contributed by atoms with Crippen LogP contribution in [0.3, 0.4) is 0 Å². The monoisotopic (exact) mass is 436 g/mol. The SMILES string of the molecule is CCCCC(N)CCCC(C=Cc1ccccc1)CCC(C=CC(=O)O)[N-]c1ccc[nH]1. The Bertz CT molecular complexity index is 800. The zero-order valence-electron chi connectivity index (χ0n) is 19.2. The number of hydrogen-bond donors (Lipinski definition) is 3. The molecule has 174 valence electrons. The fourth-order valence-electron chi connectivity index (χ4n) is 3.76. The number of nitrogens with zero attached hydrogens (tertiary/aromatic N) is 1. The average molecular weight is 437 g/mol. The second kappa shape index (κ2) is 15.1. The lowest BCUT2D eigenvalue weighted by Gasteiger charge is -2.24. The summed E-state index contributed by atoms with van der Waals surface area (Å²) in [6.45, 7) is 2.20. The maximum absolute atomic E-state index is 11.0. The number of H-pyrrole nitrogens is 1. The van der Waals surface area contributed by atoms with Crippen LogP contribution in [0.25, 0.3) is 11.4 Å². The number of unbranched alkanes of at least 4 members (excludes halogenated alkanes) is 1. The molecule has 5 nitrogen and oxygen atoms in total. The molecule has 0 aliphatic carbocycles. The highest BCUT2D eigenvalue weighted by molar-refractivity contribution is 5.80. The first-order valence-corrected chi connectivity index (χ1v) is 11.8. The van der Waals surface area contributed by atoms with Crippen molar-refractivity contribution in [1.29, 1.82) is 0 Å². The zero-order valence-corrected chi connectivity index (χ0v) is 19.2. The third-order valence-electron chi connectivity index (χ3n) is 5.62. The lowest BCUT2D eigenvalue weighted by molar-refractivity contribution is -0.131. The quantitative estimate of drug-likeness (QED) is 0.252. The Morgan fingerprint density at radius 2 is 1.81 bits per heavy atom. The van der Waals surface area contributed by atoms with Crippen LogP contribution in [0.1, 0.15) is 63.9 Å². The predicted molar refractivity (Wildman–Crippen MR) is 134 cm³/mol. The van der Waals surface area contributed by atoms with Crippen molar-refractivity contribution in [3.8, 4) is 0 Å². The molecule has 32 heavy (non-hydrogen) atoms. The molecule has 3 atom stereocenters. The van der Waals surface area contributed by atoms with Gasteiger partial charge in [-0.1, -0.05) is 98.9 Å². The third-order valence-corrected chi connectivity index (χ3v) is 5.62. The smallest absolute Gasteiger partial charge is 0.327 e. The maximum atomic E-state index is 11.0. The minimum atomic E-state index is -0.946. The van der Waals surface area contributed by atoms with Gasteiger partial charge in [0.05, 0.1) is 0 Å². The van der Waals surface area contributed by atoms with Gasteiger partial charge in [-0.05, 0) is 49.6 Å². The summed E-state index contributed by atoms with van der Waals surface area (Å²) in [6.07, 6.45) is 17.6. The number of carboxylic acids is 1. The summed E-state index contributed by atoms with van der Waals surface area (Å²) in [6, 6.07) is 14.2. The van der Waals surface area contributed by atoms with Gasteiger partial charge in [-0.25, -0.2) is 4.79 Å². The van der Waals surface area contributed by atoms with Gasteiger partial charge in [0.15, 0.2) is 0 Å². The van der Waals surface area contributed by atoms with E-state index in [4.69, 9.17) is 10.8 Å². The van der Waals surface area contributed by atoms with Gasteiger partial charge in [0, 0.05) is 12.1 Å². The summed E-state index contributed by atoms with van der Waals surface area (Å²) in [7, 11) is 0. The molecule has 5 heteroatoms. The lowest BCUT2D eigenvalue weighted by atomic mass is 9.92. The topological polar surface area (TPSA) is 93.2 Å². The molecule has 2 rings (SSSR count). The number of carboxylic acid groups (broad SMARTS) is 1. The van der Waals surface area contributed by atoms with Crippen molar-refractivity contribution < 1.29 is 9.90 Å². The molecule has 0 amide bonds. The average Bonchev–Trinajstić information content (AvgIpc) is 3.30. The first-order chi connectivity index (χ1) is 15.6. The van der Waals surface area contributed by atoms with Crippen molar-refractivity contribution in [3.05, 3.63) is 77.8 Å². The first-order valence-electron chi connectivity index (χ1n) is 11.8. The van der Waals surface area contributed by atoms with Gasteiger partial charge in [-0.3, -0.25) is 0 Å². The molecular weight excluding hydrogens is 398 g/mol. The van der Waals surface area contributed by atoms with Crippen molar-refractivity contribution in [1.82, 2.24) is 4.98 Å². The molecule has 0 saturated carbocycles. The Kier molecular flexibility index (Phi) is 12.0. The zero-order chi connectivity index (χ0) is 23.0. The highest BCUT2D eigenvalue weighted by atomic mass is 16.4. The Hall–Kier alpha value is -2.79. The molecular formula is C27H38N3O2-. The second-order valence-electron chi connectivity index (χ2n) is 8.39. The van der Waals surface area contributed by atoms with Crippen molar-refractivity contribution >= 4 is 17.9 Å². The number of allylic oxidation sites excluding steroid dienone is 1. The van der Waals surface area contributed by atoms with E-state index >= 15 is 0 Å². The van der Waals surface area contributed by atoms with Gasteiger partial charge in [0.2, 0.25) is 0 Å². The summed E-state index contributed by atoms with van der Waals surface area (Å²) in [5, 5.41) is 13.7. The molecule has 0 aliphatic rings. The molecule has 0 aliphatic heterocycles. The molecule has 2 aromatic rings. The van der Waals surface area contributed by atoms with E-state index in [1.54, 1.807) is 6.08 Å². The third kappa shape index (κ3) is 11.0. The standard InChI is InChI=1S/C27H38N3O2/c1-2-3-12-24(28)13-7-11-23(16-15-22-9-5-4-6-10-22)17-18-25(19-20-27(31)32)30-26-14-8-21-29-26/h4-6,8-10,14-16,19-21,23-25,29H,2-3,7,11-13,17-18,28H2,1H3,(H,31,32)/q-1. The number of benzene rings is 1. The molecule has 4 N–H and O–H groups in total. The summed E-state index contributed by atoms with van der Waals surface area (Å²) in [5.41, 5.74) is 7.47. The lowest BCUT2D eigenvalue weighted by Crippen LogP contribution is -2.19. The summed E-state index contributed by atoms with van der Waals surface area (Å²) in [5.74, 6) is 0.217. The number of rotatable bonds is 16. The van der Waals surface area contributed by atoms with Crippen LogP contribution >= 0.6 is 0 Å². The number of aliphatic carboxylic acids is 1. The van der Waals surface area contributed by atoms with Crippen molar-refractivity contribution in [2.45, 2.75) is 70.4 Å². The Balaban J connectivity index is 1.98. The normalized spacial score (nSPS) is 14.6. The van der Waals surface area contributed by atoms with E-state index in [9.17, 15) is 4.79 Å². The Morgan fingerprint density at radius 1 is 1.03 bits per heavy atom. The van der Waals surface area contributed by atoms with Gasteiger partial charge in [0.1, 0.15) is 0 Å². The van der Waals surface area contributed by atoms with Crippen LogP contribution < -0.4 is 5.73 Å². The molecule has 3 unspecified atom stereocenters. The van der Waals surface area contributed by atoms with Gasteiger partial charge >= 0.3 is 5.97 Å². The summed E-state index contributed by atoms with van der Waals surface area (Å²) < 4.78 is 0. The van der Waals surface area contributed by atoms with Crippen LogP contribution in [-0.2, 0) is 4.79 Å².